The topological polar surface area (TPSA) is 30.2 Å². The normalized spacial score (nSPS) is 10.9. The molecule has 0 aliphatic carbocycles. The van der Waals surface area contributed by atoms with Gasteiger partial charge in [0.2, 0.25) is 0 Å². The number of aryl methyl sites for hydroxylation is 2. The maximum Gasteiger partial charge on any atom is 0.154 e. The summed E-state index contributed by atoms with van der Waals surface area (Å²) in [6.45, 7) is 3.92. The summed E-state index contributed by atoms with van der Waals surface area (Å²) in [5, 5.41) is 0.501. The molecule has 0 aromatic carbocycles. The van der Waals surface area contributed by atoms with Crippen LogP contribution in [0.1, 0.15) is 11.5 Å². The Morgan fingerprint density at radius 1 is 1.25 bits per heavy atom. The van der Waals surface area contributed by atoms with Gasteiger partial charge in [-0.2, -0.15) is 0 Å². The first kappa shape index (κ1) is 7.55. The van der Waals surface area contributed by atoms with Gasteiger partial charge in [-0.1, -0.05) is 11.6 Å². The first-order valence-corrected chi connectivity index (χ1v) is 4.03. The fourth-order valence-corrected chi connectivity index (χ4v) is 1.49. The van der Waals surface area contributed by atoms with E-state index in [9.17, 15) is 0 Å². The Kier molecular flexibility index (Phi) is 1.54. The van der Waals surface area contributed by atoms with Crippen molar-refractivity contribution in [3.05, 3.63) is 29.1 Å². The summed E-state index contributed by atoms with van der Waals surface area (Å²) in [6.07, 6.45) is 3.47. The second-order valence-corrected chi connectivity index (χ2v) is 3.07. The molecule has 2 rings (SSSR count). The first-order valence-electron chi connectivity index (χ1n) is 3.65. The lowest BCUT2D eigenvalue weighted by Crippen LogP contribution is -1.95. The number of nitrogens with zero attached hydrogens (tertiary/aromatic N) is 3. The van der Waals surface area contributed by atoms with Crippen molar-refractivity contribution in [2.75, 3.05) is 0 Å². The molecule has 0 N–H and O–H groups in total. The molecule has 0 aliphatic rings. The minimum atomic E-state index is 0.501. The van der Waals surface area contributed by atoms with Gasteiger partial charge in [0.25, 0.3) is 0 Å². The van der Waals surface area contributed by atoms with E-state index in [1.165, 1.54) is 0 Å². The van der Waals surface area contributed by atoms with Gasteiger partial charge in [0.1, 0.15) is 11.3 Å². The third-order valence-corrected chi connectivity index (χ3v) is 2.16. The maximum absolute atomic E-state index is 5.87. The highest BCUT2D eigenvalue weighted by Gasteiger charge is 2.05. The Morgan fingerprint density at radius 2 is 2.00 bits per heavy atom. The molecule has 0 fully saturated rings. The van der Waals surface area contributed by atoms with E-state index in [-0.39, 0.29) is 0 Å². The van der Waals surface area contributed by atoms with Crippen molar-refractivity contribution >= 4 is 17.1 Å². The predicted octanol–water partition coefficient (Wildman–Crippen LogP) is 2.00. The molecular formula is C8H8ClN3. The second-order valence-electron chi connectivity index (χ2n) is 2.72. The SMILES string of the molecule is Cc1cnc(Cl)c2cnc(C)n12. The minimum Gasteiger partial charge on any atom is -0.297 e. The lowest BCUT2D eigenvalue weighted by atomic mass is 10.4. The summed E-state index contributed by atoms with van der Waals surface area (Å²) < 4.78 is 1.98. The van der Waals surface area contributed by atoms with Crippen LogP contribution in [0.3, 0.4) is 0 Å². The largest absolute Gasteiger partial charge is 0.297 e. The Balaban J connectivity index is 2.98. The Morgan fingerprint density at radius 3 is 2.67 bits per heavy atom. The molecule has 12 heavy (non-hydrogen) atoms. The molecule has 2 heterocycles. The van der Waals surface area contributed by atoms with E-state index in [2.05, 4.69) is 9.97 Å². The number of fused-ring (bicyclic) bond motifs is 1. The Bertz CT molecular complexity index is 433. The molecule has 0 bridgehead atoms. The molecule has 0 saturated carbocycles. The average Bonchev–Trinajstić information content (AvgIpc) is 2.42. The fraction of sp³-hybridized carbons (Fsp3) is 0.250. The van der Waals surface area contributed by atoms with Crippen LogP contribution >= 0.6 is 11.6 Å². The van der Waals surface area contributed by atoms with Gasteiger partial charge in [-0.25, -0.2) is 9.97 Å². The van der Waals surface area contributed by atoms with Crippen molar-refractivity contribution in [1.29, 1.82) is 0 Å². The lowest BCUT2D eigenvalue weighted by Gasteiger charge is -2.01. The van der Waals surface area contributed by atoms with Crippen molar-refractivity contribution in [2.45, 2.75) is 13.8 Å². The first-order chi connectivity index (χ1) is 5.70. The van der Waals surface area contributed by atoms with Crippen molar-refractivity contribution in [2.24, 2.45) is 0 Å². The highest BCUT2D eigenvalue weighted by atomic mass is 35.5. The number of rotatable bonds is 0. The van der Waals surface area contributed by atoms with Gasteiger partial charge in [-0.3, -0.25) is 4.40 Å². The number of hydrogen-bond acceptors (Lipinski definition) is 2. The summed E-state index contributed by atoms with van der Waals surface area (Å²) in [5.41, 5.74) is 1.92. The lowest BCUT2D eigenvalue weighted by molar-refractivity contribution is 0.975. The summed E-state index contributed by atoms with van der Waals surface area (Å²) in [5.74, 6) is 0.937. The second kappa shape index (κ2) is 2.45. The average molecular weight is 182 g/mol. The van der Waals surface area contributed by atoms with E-state index < -0.39 is 0 Å². The Hall–Kier alpha value is -1.09. The van der Waals surface area contributed by atoms with Gasteiger partial charge in [0, 0.05) is 11.9 Å². The molecule has 0 aliphatic heterocycles. The molecule has 2 aromatic heterocycles. The van der Waals surface area contributed by atoms with Gasteiger partial charge in [0.05, 0.1) is 6.20 Å². The van der Waals surface area contributed by atoms with Crippen molar-refractivity contribution < 1.29 is 0 Å². The molecular weight excluding hydrogens is 174 g/mol. The highest BCUT2D eigenvalue weighted by Crippen LogP contribution is 2.16. The van der Waals surface area contributed by atoms with E-state index >= 15 is 0 Å². The van der Waals surface area contributed by atoms with Crippen molar-refractivity contribution in [3.8, 4) is 0 Å². The number of aromatic nitrogens is 3. The van der Waals surface area contributed by atoms with Crippen LogP contribution in [-0.2, 0) is 0 Å². The predicted molar refractivity (Wildman–Crippen MR) is 47.5 cm³/mol. The van der Waals surface area contributed by atoms with Crippen molar-refractivity contribution in [3.63, 3.8) is 0 Å². The number of hydrogen-bond donors (Lipinski definition) is 0. The van der Waals surface area contributed by atoms with E-state index in [0.717, 1.165) is 17.0 Å². The molecule has 0 spiro atoms. The van der Waals surface area contributed by atoms with E-state index in [1.807, 2.05) is 18.2 Å². The number of halogens is 1. The van der Waals surface area contributed by atoms with Crippen LogP contribution in [0.25, 0.3) is 5.52 Å². The molecule has 2 aromatic rings. The van der Waals surface area contributed by atoms with Gasteiger partial charge in [-0.15, -0.1) is 0 Å². The highest BCUT2D eigenvalue weighted by molar-refractivity contribution is 6.32. The summed E-state index contributed by atoms with van der Waals surface area (Å²) in [6, 6.07) is 0. The molecule has 62 valence electrons. The van der Waals surface area contributed by atoms with Crippen LogP contribution in [0.5, 0.6) is 0 Å². The fourth-order valence-electron chi connectivity index (χ4n) is 1.31. The summed E-state index contributed by atoms with van der Waals surface area (Å²) in [4.78, 5) is 8.18. The third-order valence-electron chi connectivity index (χ3n) is 1.87. The molecule has 4 heteroatoms. The summed E-state index contributed by atoms with van der Waals surface area (Å²) >= 11 is 5.87. The van der Waals surface area contributed by atoms with E-state index in [1.54, 1.807) is 12.4 Å². The van der Waals surface area contributed by atoms with Crippen LogP contribution < -0.4 is 0 Å². The van der Waals surface area contributed by atoms with Gasteiger partial charge in [-0.05, 0) is 13.8 Å². The molecule has 3 nitrogen and oxygen atoms in total. The third kappa shape index (κ3) is 0.898. The Labute approximate surface area is 75.0 Å². The maximum atomic E-state index is 5.87. The zero-order chi connectivity index (χ0) is 8.72. The quantitative estimate of drug-likeness (QED) is 0.622. The smallest absolute Gasteiger partial charge is 0.154 e. The number of imidazole rings is 1. The molecule has 0 radical (unpaired) electrons. The molecule has 0 unspecified atom stereocenters. The van der Waals surface area contributed by atoms with Crippen LogP contribution in [0, 0.1) is 13.8 Å². The van der Waals surface area contributed by atoms with Gasteiger partial charge < -0.3 is 0 Å². The standard InChI is InChI=1S/C8H8ClN3/c1-5-3-11-8(9)7-4-10-6(2)12(5)7/h3-4H,1-2H3. The summed E-state index contributed by atoms with van der Waals surface area (Å²) in [7, 11) is 0. The van der Waals surface area contributed by atoms with Crippen LogP contribution in [0.15, 0.2) is 12.4 Å². The van der Waals surface area contributed by atoms with Crippen LogP contribution in [0.4, 0.5) is 0 Å². The molecule has 0 atom stereocenters. The zero-order valence-corrected chi connectivity index (χ0v) is 7.63. The van der Waals surface area contributed by atoms with Crippen LogP contribution in [-0.4, -0.2) is 14.4 Å². The monoisotopic (exact) mass is 181 g/mol. The van der Waals surface area contributed by atoms with E-state index in [4.69, 9.17) is 11.6 Å². The molecule has 0 saturated heterocycles. The van der Waals surface area contributed by atoms with Gasteiger partial charge >= 0.3 is 0 Å². The minimum absolute atomic E-state index is 0.501. The van der Waals surface area contributed by atoms with E-state index in [0.29, 0.717) is 5.15 Å². The van der Waals surface area contributed by atoms with Crippen molar-refractivity contribution in [1.82, 2.24) is 14.4 Å². The van der Waals surface area contributed by atoms with Crippen LogP contribution in [0.2, 0.25) is 5.15 Å². The van der Waals surface area contributed by atoms with Gasteiger partial charge in [0.15, 0.2) is 5.15 Å². The zero-order valence-electron chi connectivity index (χ0n) is 6.87. The molecule has 0 amide bonds.